The smallest absolute Gasteiger partial charge is 0.203 e. The van der Waals surface area contributed by atoms with E-state index in [0.717, 1.165) is 23.3 Å². The minimum Gasteiger partial charge on any atom is -0.493 e. The molecule has 1 unspecified atom stereocenters. The summed E-state index contributed by atoms with van der Waals surface area (Å²) in [5, 5.41) is 4.54. The molecule has 0 amide bonds. The van der Waals surface area contributed by atoms with Crippen molar-refractivity contribution >= 4 is 6.34 Å². The van der Waals surface area contributed by atoms with E-state index in [-0.39, 0.29) is 11.1 Å². The van der Waals surface area contributed by atoms with Crippen LogP contribution < -0.4 is 19.6 Å². The SMILES string of the molecule is COc1cc(C2(C34CC5CC(CC(C5)C3)C4)NN=CN2C)cc(OC)c1OC. The molecule has 1 atom stereocenters. The summed E-state index contributed by atoms with van der Waals surface area (Å²) in [7, 11) is 7.16. The molecule has 0 saturated heterocycles. The highest BCUT2D eigenvalue weighted by Crippen LogP contribution is 2.67. The number of methoxy groups -OCH3 is 3. The van der Waals surface area contributed by atoms with E-state index in [2.05, 4.69) is 34.6 Å². The van der Waals surface area contributed by atoms with Gasteiger partial charge in [0, 0.05) is 18.0 Å². The molecule has 5 aliphatic rings. The van der Waals surface area contributed by atoms with Crippen LogP contribution in [0.5, 0.6) is 17.2 Å². The van der Waals surface area contributed by atoms with Crippen LogP contribution in [-0.4, -0.2) is 39.6 Å². The fraction of sp³-hybridized carbons (Fsp3) is 0.682. The van der Waals surface area contributed by atoms with E-state index >= 15 is 0 Å². The molecule has 0 aromatic heterocycles. The van der Waals surface area contributed by atoms with E-state index in [9.17, 15) is 0 Å². The minimum absolute atomic E-state index is 0.164. The highest BCUT2D eigenvalue weighted by Gasteiger charge is 2.64. The van der Waals surface area contributed by atoms with Crippen LogP contribution in [0.15, 0.2) is 17.2 Å². The molecule has 1 aromatic carbocycles. The van der Waals surface area contributed by atoms with Crippen LogP contribution >= 0.6 is 0 Å². The van der Waals surface area contributed by atoms with Gasteiger partial charge in [-0.25, -0.2) is 0 Å². The molecule has 6 rings (SSSR count). The third-order valence-corrected chi connectivity index (χ3v) is 7.87. The lowest BCUT2D eigenvalue weighted by Crippen LogP contribution is -2.65. The zero-order valence-electron chi connectivity index (χ0n) is 17.3. The lowest BCUT2D eigenvalue weighted by atomic mass is 9.45. The molecule has 0 radical (unpaired) electrons. The Kier molecular flexibility index (Phi) is 3.97. The van der Waals surface area contributed by atoms with Crippen LogP contribution in [0.25, 0.3) is 0 Å². The Balaban J connectivity index is 1.68. The van der Waals surface area contributed by atoms with Crippen LogP contribution in [0, 0.1) is 23.2 Å². The van der Waals surface area contributed by atoms with Crippen molar-refractivity contribution in [1.82, 2.24) is 10.3 Å². The predicted octanol–water partition coefficient (Wildman–Crippen LogP) is 3.56. The molecule has 6 nitrogen and oxygen atoms in total. The van der Waals surface area contributed by atoms with Crippen LogP contribution in [-0.2, 0) is 5.66 Å². The van der Waals surface area contributed by atoms with Gasteiger partial charge in [0.25, 0.3) is 0 Å². The average Bonchev–Trinajstić information content (AvgIpc) is 3.08. The third-order valence-electron chi connectivity index (χ3n) is 7.87. The van der Waals surface area contributed by atoms with E-state index in [4.69, 9.17) is 14.2 Å². The predicted molar refractivity (Wildman–Crippen MR) is 108 cm³/mol. The number of hydrogen-bond acceptors (Lipinski definition) is 6. The largest absolute Gasteiger partial charge is 0.493 e. The zero-order valence-corrected chi connectivity index (χ0v) is 17.3. The fourth-order valence-corrected chi connectivity index (χ4v) is 7.29. The molecule has 1 aromatic rings. The van der Waals surface area contributed by atoms with Crippen molar-refractivity contribution in [1.29, 1.82) is 0 Å². The Morgan fingerprint density at radius 1 is 0.929 bits per heavy atom. The van der Waals surface area contributed by atoms with Gasteiger partial charge in [0.05, 0.1) is 21.3 Å². The summed E-state index contributed by atoms with van der Waals surface area (Å²) >= 11 is 0. The number of rotatable bonds is 5. The van der Waals surface area contributed by atoms with Crippen molar-refractivity contribution in [2.24, 2.45) is 28.3 Å². The first-order valence-electron chi connectivity index (χ1n) is 10.4. The highest BCUT2D eigenvalue weighted by atomic mass is 16.5. The summed E-state index contributed by atoms with van der Waals surface area (Å²) in [5.41, 5.74) is 4.50. The highest BCUT2D eigenvalue weighted by molar-refractivity contribution is 5.62. The van der Waals surface area contributed by atoms with E-state index in [1.807, 2.05) is 6.34 Å². The number of hydrogen-bond donors (Lipinski definition) is 1. The summed E-state index contributed by atoms with van der Waals surface area (Å²) < 4.78 is 16.9. The van der Waals surface area contributed by atoms with Crippen molar-refractivity contribution < 1.29 is 14.2 Å². The van der Waals surface area contributed by atoms with Crippen molar-refractivity contribution in [2.75, 3.05) is 28.4 Å². The number of ether oxygens (including phenoxy) is 3. The second-order valence-electron chi connectivity index (χ2n) is 9.29. The third kappa shape index (κ3) is 2.23. The van der Waals surface area contributed by atoms with E-state index < -0.39 is 0 Å². The van der Waals surface area contributed by atoms with Gasteiger partial charge in [-0.05, 0) is 68.4 Å². The molecular weight excluding hydrogens is 354 g/mol. The first-order valence-corrected chi connectivity index (χ1v) is 10.4. The summed E-state index contributed by atoms with van der Waals surface area (Å²) in [6.07, 6.45) is 9.95. The normalized spacial score (nSPS) is 37.9. The first kappa shape index (κ1) is 18.0. The van der Waals surface area contributed by atoms with Crippen molar-refractivity contribution in [3.63, 3.8) is 0 Å². The Labute approximate surface area is 167 Å². The van der Waals surface area contributed by atoms with Crippen LogP contribution in [0.3, 0.4) is 0 Å². The lowest BCUT2D eigenvalue weighted by Gasteiger charge is -2.63. The minimum atomic E-state index is -0.379. The molecule has 4 aliphatic carbocycles. The standard InChI is InChI=1S/C22H31N3O3/c1-25-13-23-24-22(25,17-8-18(26-2)20(28-4)19(9-17)27-3)21-10-14-5-15(11-21)7-16(6-14)12-21/h8-9,13-16,24H,5-7,10-12H2,1-4H3. The van der Waals surface area contributed by atoms with E-state index in [1.165, 1.54) is 38.5 Å². The number of benzene rings is 1. The van der Waals surface area contributed by atoms with Crippen molar-refractivity contribution in [2.45, 2.75) is 44.2 Å². The maximum Gasteiger partial charge on any atom is 0.203 e. The average molecular weight is 386 g/mol. The summed E-state index contributed by atoms with van der Waals surface area (Å²) in [6, 6.07) is 4.22. The molecule has 1 N–H and O–H groups in total. The summed E-state index contributed by atoms with van der Waals surface area (Å²) in [4.78, 5) is 2.28. The second-order valence-corrected chi connectivity index (χ2v) is 9.29. The molecular formula is C22H31N3O3. The zero-order chi connectivity index (χ0) is 19.5. The van der Waals surface area contributed by atoms with Crippen molar-refractivity contribution in [3.05, 3.63) is 17.7 Å². The Morgan fingerprint density at radius 2 is 1.46 bits per heavy atom. The van der Waals surface area contributed by atoms with Gasteiger partial charge in [-0.3, -0.25) is 5.43 Å². The molecule has 4 saturated carbocycles. The second kappa shape index (κ2) is 6.19. The Hall–Kier alpha value is -2.11. The Morgan fingerprint density at radius 3 is 1.86 bits per heavy atom. The first-order chi connectivity index (χ1) is 13.5. The fourth-order valence-electron chi connectivity index (χ4n) is 7.29. The summed E-state index contributed by atoms with van der Waals surface area (Å²) in [6.45, 7) is 0. The van der Waals surface area contributed by atoms with Gasteiger partial charge in [0.2, 0.25) is 5.75 Å². The van der Waals surface area contributed by atoms with Gasteiger partial charge in [-0.15, -0.1) is 0 Å². The van der Waals surface area contributed by atoms with Gasteiger partial charge < -0.3 is 19.1 Å². The van der Waals surface area contributed by atoms with Gasteiger partial charge in [-0.1, -0.05) is 0 Å². The Bertz CT molecular complexity index is 748. The van der Waals surface area contributed by atoms with E-state index in [1.54, 1.807) is 21.3 Å². The molecule has 0 spiro atoms. The van der Waals surface area contributed by atoms with Gasteiger partial charge in [0.15, 0.2) is 17.2 Å². The number of nitrogens with zero attached hydrogens (tertiary/aromatic N) is 2. The number of hydrazone groups is 1. The lowest BCUT2D eigenvalue weighted by molar-refractivity contribution is -0.140. The van der Waals surface area contributed by atoms with Gasteiger partial charge >= 0.3 is 0 Å². The van der Waals surface area contributed by atoms with Crippen LogP contribution in [0.1, 0.15) is 44.1 Å². The maximum absolute atomic E-state index is 5.69. The van der Waals surface area contributed by atoms with Gasteiger partial charge in [-0.2, -0.15) is 5.10 Å². The molecule has 152 valence electrons. The maximum atomic E-state index is 5.69. The quantitative estimate of drug-likeness (QED) is 0.840. The molecule has 6 heteroatoms. The van der Waals surface area contributed by atoms with E-state index in [0.29, 0.717) is 17.2 Å². The van der Waals surface area contributed by atoms with Gasteiger partial charge in [0.1, 0.15) is 6.34 Å². The number of nitrogens with one attached hydrogen (secondary N) is 1. The molecule has 1 aliphatic heterocycles. The van der Waals surface area contributed by atoms with Crippen LogP contribution in [0.2, 0.25) is 0 Å². The molecule has 1 heterocycles. The van der Waals surface area contributed by atoms with Crippen molar-refractivity contribution in [3.8, 4) is 17.2 Å². The summed E-state index contributed by atoms with van der Waals surface area (Å²) in [5.74, 6) is 4.57. The molecule has 28 heavy (non-hydrogen) atoms. The topological polar surface area (TPSA) is 55.3 Å². The molecule has 4 bridgehead atoms. The monoisotopic (exact) mass is 385 g/mol. The van der Waals surface area contributed by atoms with Crippen LogP contribution in [0.4, 0.5) is 0 Å². The molecule has 4 fully saturated rings.